The maximum atomic E-state index is 12.0. The first-order valence-electron chi connectivity index (χ1n) is 4.90. The Morgan fingerprint density at radius 1 is 1.31 bits per heavy atom. The minimum Gasteiger partial charge on any atom is -0.345 e. The Labute approximate surface area is 109 Å². The molecule has 5 heteroatoms. The molecule has 1 fully saturated rings. The quantitative estimate of drug-likeness (QED) is 0.843. The normalized spacial score (nSPS) is 16.9. The molecule has 0 bridgehead atoms. The van der Waals surface area contributed by atoms with Gasteiger partial charge in [0.1, 0.15) is 0 Å². The minimum atomic E-state index is -0.256. The predicted molar refractivity (Wildman–Crippen MR) is 66.6 cm³/mol. The monoisotopic (exact) mass is 277 g/mol. The van der Waals surface area contributed by atoms with Gasteiger partial charge in [0.25, 0.3) is 5.91 Å². The van der Waals surface area contributed by atoms with Gasteiger partial charge in [-0.15, -0.1) is 11.6 Å². The summed E-state index contributed by atoms with van der Waals surface area (Å²) in [5, 5.41) is 3.59. The van der Waals surface area contributed by atoms with Crippen molar-refractivity contribution in [1.82, 2.24) is 5.32 Å². The molecular weight excluding hydrogens is 268 g/mol. The van der Waals surface area contributed by atoms with Crippen molar-refractivity contribution in [3.05, 3.63) is 33.8 Å². The second-order valence-electron chi connectivity index (χ2n) is 3.96. The number of hydrogen-bond acceptors (Lipinski definition) is 1. The Kier molecular flexibility index (Phi) is 3.34. The van der Waals surface area contributed by atoms with E-state index in [1.807, 2.05) is 0 Å². The number of carbonyl (C=O) groups is 1. The molecular formula is C11H10Cl3NO. The Balaban J connectivity index is 2.21. The Morgan fingerprint density at radius 3 is 2.31 bits per heavy atom. The van der Waals surface area contributed by atoms with Gasteiger partial charge in [-0.1, -0.05) is 29.3 Å². The fourth-order valence-corrected chi connectivity index (χ4v) is 2.36. The van der Waals surface area contributed by atoms with Gasteiger partial charge in [0, 0.05) is 5.88 Å². The van der Waals surface area contributed by atoms with E-state index in [-0.39, 0.29) is 11.4 Å². The van der Waals surface area contributed by atoms with Crippen molar-refractivity contribution in [3.63, 3.8) is 0 Å². The van der Waals surface area contributed by atoms with Gasteiger partial charge in [-0.25, -0.2) is 0 Å². The van der Waals surface area contributed by atoms with Crippen LogP contribution in [0.1, 0.15) is 23.2 Å². The van der Waals surface area contributed by atoms with Gasteiger partial charge in [0.05, 0.1) is 21.1 Å². The van der Waals surface area contributed by atoms with Crippen LogP contribution in [0, 0.1) is 0 Å². The molecule has 1 aliphatic carbocycles. The number of halogens is 3. The summed E-state index contributed by atoms with van der Waals surface area (Å²) in [7, 11) is 0. The number of hydrogen-bond donors (Lipinski definition) is 1. The van der Waals surface area contributed by atoms with Gasteiger partial charge >= 0.3 is 0 Å². The third-order valence-electron chi connectivity index (χ3n) is 2.68. The van der Waals surface area contributed by atoms with Crippen molar-refractivity contribution >= 4 is 40.7 Å². The van der Waals surface area contributed by atoms with E-state index in [1.54, 1.807) is 18.2 Å². The SMILES string of the molecule is O=C(NC1(CCl)CC1)c1c(Cl)cccc1Cl. The standard InChI is InChI=1S/C11H10Cl3NO/c12-6-11(4-5-11)15-10(16)9-7(13)2-1-3-8(9)14/h1-3H,4-6H2,(H,15,16). The molecule has 0 heterocycles. The van der Waals surface area contributed by atoms with Crippen molar-refractivity contribution in [3.8, 4) is 0 Å². The van der Waals surface area contributed by atoms with Gasteiger partial charge in [-0.3, -0.25) is 4.79 Å². The van der Waals surface area contributed by atoms with Crippen LogP contribution < -0.4 is 5.32 Å². The maximum Gasteiger partial charge on any atom is 0.254 e. The average Bonchev–Trinajstić information content (AvgIpc) is 2.98. The molecule has 1 aromatic rings. The van der Waals surface area contributed by atoms with Crippen molar-refractivity contribution in [2.45, 2.75) is 18.4 Å². The van der Waals surface area contributed by atoms with Crippen molar-refractivity contribution < 1.29 is 4.79 Å². The Bertz CT molecular complexity index is 409. The first kappa shape index (κ1) is 12.0. The fraction of sp³-hybridized carbons (Fsp3) is 0.364. The number of nitrogens with one attached hydrogen (secondary N) is 1. The summed E-state index contributed by atoms with van der Waals surface area (Å²) < 4.78 is 0. The summed E-state index contributed by atoms with van der Waals surface area (Å²) in [6.45, 7) is 0. The van der Waals surface area contributed by atoms with Gasteiger partial charge in [-0.2, -0.15) is 0 Å². The highest BCUT2D eigenvalue weighted by molar-refractivity contribution is 6.39. The molecule has 0 unspecified atom stereocenters. The fourth-order valence-electron chi connectivity index (χ4n) is 1.46. The Morgan fingerprint density at radius 2 is 1.88 bits per heavy atom. The molecule has 0 atom stereocenters. The number of rotatable bonds is 3. The first-order valence-corrected chi connectivity index (χ1v) is 6.19. The van der Waals surface area contributed by atoms with E-state index in [0.29, 0.717) is 21.5 Å². The lowest BCUT2D eigenvalue weighted by atomic mass is 10.2. The van der Waals surface area contributed by atoms with Gasteiger partial charge in [-0.05, 0) is 25.0 Å². The lowest BCUT2D eigenvalue weighted by Crippen LogP contribution is -2.38. The summed E-state index contributed by atoms with van der Waals surface area (Å²) >= 11 is 17.7. The van der Waals surface area contributed by atoms with Crippen molar-refractivity contribution in [2.75, 3.05) is 5.88 Å². The molecule has 1 aromatic carbocycles. The molecule has 16 heavy (non-hydrogen) atoms. The third kappa shape index (κ3) is 2.29. The molecule has 0 radical (unpaired) electrons. The first-order chi connectivity index (χ1) is 7.58. The highest BCUT2D eigenvalue weighted by atomic mass is 35.5. The lowest BCUT2D eigenvalue weighted by Gasteiger charge is -2.15. The van der Waals surface area contributed by atoms with Crippen LogP contribution in [0.25, 0.3) is 0 Å². The van der Waals surface area contributed by atoms with Crippen LogP contribution in [-0.4, -0.2) is 17.3 Å². The molecule has 1 aliphatic rings. The van der Waals surface area contributed by atoms with E-state index in [0.717, 1.165) is 12.8 Å². The topological polar surface area (TPSA) is 29.1 Å². The summed E-state index contributed by atoms with van der Waals surface area (Å²) in [4.78, 5) is 12.0. The minimum absolute atomic E-state index is 0.249. The van der Waals surface area contributed by atoms with E-state index in [1.165, 1.54) is 0 Å². The van der Waals surface area contributed by atoms with Crippen LogP contribution in [-0.2, 0) is 0 Å². The van der Waals surface area contributed by atoms with Gasteiger partial charge in [0.15, 0.2) is 0 Å². The lowest BCUT2D eigenvalue weighted by molar-refractivity contribution is 0.0936. The molecule has 1 saturated carbocycles. The van der Waals surface area contributed by atoms with Gasteiger partial charge in [0.2, 0.25) is 0 Å². The van der Waals surface area contributed by atoms with Crippen molar-refractivity contribution in [1.29, 1.82) is 0 Å². The number of carbonyl (C=O) groups excluding carboxylic acids is 1. The van der Waals surface area contributed by atoms with Crippen LogP contribution in [0.5, 0.6) is 0 Å². The zero-order chi connectivity index (χ0) is 11.8. The van der Waals surface area contributed by atoms with Crippen LogP contribution in [0.3, 0.4) is 0 Å². The van der Waals surface area contributed by atoms with E-state index < -0.39 is 0 Å². The molecule has 1 N–H and O–H groups in total. The molecule has 2 nitrogen and oxygen atoms in total. The van der Waals surface area contributed by atoms with Gasteiger partial charge < -0.3 is 5.32 Å². The number of alkyl halides is 1. The maximum absolute atomic E-state index is 12.0. The number of amides is 1. The third-order valence-corrected chi connectivity index (χ3v) is 3.82. The van der Waals surface area contributed by atoms with Crippen molar-refractivity contribution in [2.24, 2.45) is 0 Å². The molecule has 0 spiro atoms. The summed E-state index contributed by atoms with van der Waals surface area (Å²) in [5.74, 6) is 0.162. The second-order valence-corrected chi connectivity index (χ2v) is 5.05. The van der Waals surface area contributed by atoms with Crippen LogP contribution in [0.15, 0.2) is 18.2 Å². The second kappa shape index (κ2) is 4.44. The van der Waals surface area contributed by atoms with Crippen LogP contribution >= 0.6 is 34.8 Å². The zero-order valence-electron chi connectivity index (χ0n) is 8.40. The zero-order valence-corrected chi connectivity index (χ0v) is 10.7. The molecule has 0 aromatic heterocycles. The molecule has 1 amide bonds. The van der Waals surface area contributed by atoms with E-state index >= 15 is 0 Å². The highest BCUT2D eigenvalue weighted by Crippen LogP contribution is 2.37. The smallest absolute Gasteiger partial charge is 0.254 e. The van der Waals surface area contributed by atoms with E-state index in [9.17, 15) is 4.79 Å². The summed E-state index contributed by atoms with van der Waals surface area (Å²) in [6.07, 6.45) is 1.81. The summed E-state index contributed by atoms with van der Waals surface area (Å²) in [5.41, 5.74) is 0.0726. The predicted octanol–water partition coefficient (Wildman–Crippen LogP) is 3.49. The molecule has 86 valence electrons. The van der Waals surface area contributed by atoms with E-state index in [2.05, 4.69) is 5.32 Å². The number of benzene rings is 1. The molecule has 0 aliphatic heterocycles. The van der Waals surface area contributed by atoms with Crippen LogP contribution in [0.4, 0.5) is 0 Å². The average molecular weight is 279 g/mol. The largest absolute Gasteiger partial charge is 0.345 e. The highest BCUT2D eigenvalue weighted by Gasteiger charge is 2.43. The molecule has 0 saturated heterocycles. The molecule has 2 rings (SSSR count). The van der Waals surface area contributed by atoms with Crippen LogP contribution in [0.2, 0.25) is 10.0 Å². The summed E-state index contributed by atoms with van der Waals surface area (Å²) in [6, 6.07) is 4.99. The Hall–Kier alpha value is -0.440. The van der Waals surface area contributed by atoms with E-state index in [4.69, 9.17) is 34.8 Å².